The van der Waals surface area contributed by atoms with Gasteiger partial charge < -0.3 is 5.32 Å². The highest BCUT2D eigenvalue weighted by Gasteiger charge is 2.15. The van der Waals surface area contributed by atoms with Crippen LogP contribution >= 0.6 is 11.6 Å². The van der Waals surface area contributed by atoms with Crippen molar-refractivity contribution in [3.8, 4) is 11.4 Å². The van der Waals surface area contributed by atoms with Crippen LogP contribution in [0.2, 0.25) is 5.02 Å². The Kier molecular flexibility index (Phi) is 5.18. The van der Waals surface area contributed by atoms with Crippen molar-refractivity contribution in [2.24, 2.45) is 0 Å². The zero-order valence-electron chi connectivity index (χ0n) is 13.4. The number of hydrogen-bond donors (Lipinski definition) is 1. The fourth-order valence-electron chi connectivity index (χ4n) is 2.21. The number of anilines is 1. The number of benzene rings is 2. The van der Waals surface area contributed by atoms with Gasteiger partial charge in [0.2, 0.25) is 11.7 Å². The molecule has 26 heavy (non-hydrogen) atoms. The number of aryl methyl sites for hydroxylation is 1. The summed E-state index contributed by atoms with van der Waals surface area (Å²) in [6.45, 7) is 0.188. The third-order valence-corrected chi connectivity index (χ3v) is 3.72. The number of nitro benzene ring substituents is 1. The second-order valence-electron chi connectivity index (χ2n) is 5.29. The summed E-state index contributed by atoms with van der Waals surface area (Å²) >= 11 is 5.84. The summed E-state index contributed by atoms with van der Waals surface area (Å²) < 4.78 is 0. The molecule has 0 fully saturated rings. The van der Waals surface area contributed by atoms with E-state index in [2.05, 4.69) is 20.7 Å². The molecule has 0 atom stereocenters. The topological polar surface area (TPSA) is 116 Å². The minimum Gasteiger partial charge on any atom is -0.320 e. The smallest absolute Gasteiger partial charge is 0.292 e. The van der Waals surface area contributed by atoms with Crippen molar-refractivity contribution in [1.82, 2.24) is 20.2 Å². The van der Waals surface area contributed by atoms with E-state index in [9.17, 15) is 14.9 Å². The standard InChI is InChI=1S/C16H13ClN6O3/c17-12-7-5-11(6-8-12)16-19-21-22(20-16)10-9-15(24)18-13-3-1-2-4-14(13)23(25)26/h1-8H,9-10H2,(H,18,24). The molecule has 1 N–H and O–H groups in total. The predicted octanol–water partition coefficient (Wildman–Crippen LogP) is 2.93. The van der Waals surface area contributed by atoms with Crippen LogP contribution in [0.15, 0.2) is 48.5 Å². The summed E-state index contributed by atoms with van der Waals surface area (Å²) in [5.74, 6) is 0.0328. The van der Waals surface area contributed by atoms with Gasteiger partial charge in [-0.25, -0.2) is 0 Å². The van der Waals surface area contributed by atoms with E-state index >= 15 is 0 Å². The minimum atomic E-state index is -0.549. The molecule has 3 rings (SSSR count). The van der Waals surface area contributed by atoms with Crippen molar-refractivity contribution in [3.05, 3.63) is 63.7 Å². The Morgan fingerprint density at radius 1 is 1.19 bits per heavy atom. The molecule has 0 aliphatic rings. The number of amides is 1. The number of carbonyl (C=O) groups excluding carboxylic acids is 1. The zero-order chi connectivity index (χ0) is 18.5. The number of nitrogens with zero attached hydrogens (tertiary/aromatic N) is 5. The van der Waals surface area contributed by atoms with E-state index in [4.69, 9.17) is 11.6 Å². The van der Waals surface area contributed by atoms with Crippen LogP contribution in [0.4, 0.5) is 11.4 Å². The Hall–Kier alpha value is -3.33. The van der Waals surface area contributed by atoms with Crippen molar-refractivity contribution in [1.29, 1.82) is 0 Å². The van der Waals surface area contributed by atoms with Crippen LogP contribution in [0.25, 0.3) is 11.4 Å². The maximum atomic E-state index is 12.0. The molecule has 1 aromatic heterocycles. The van der Waals surface area contributed by atoms with Gasteiger partial charge in [-0.15, -0.1) is 10.2 Å². The molecule has 0 aliphatic heterocycles. The van der Waals surface area contributed by atoms with Crippen LogP contribution in [0.5, 0.6) is 0 Å². The average molecular weight is 373 g/mol. The number of nitrogens with one attached hydrogen (secondary N) is 1. The first-order valence-corrected chi connectivity index (χ1v) is 7.98. The molecule has 1 heterocycles. The minimum absolute atomic E-state index is 0.0441. The molecule has 3 aromatic rings. The van der Waals surface area contributed by atoms with E-state index < -0.39 is 4.92 Å². The molecule has 0 aliphatic carbocycles. The first-order valence-electron chi connectivity index (χ1n) is 7.60. The van der Waals surface area contributed by atoms with Crippen LogP contribution < -0.4 is 5.32 Å². The van der Waals surface area contributed by atoms with Crippen LogP contribution in [0.1, 0.15) is 6.42 Å². The van der Waals surface area contributed by atoms with Gasteiger partial charge in [0.15, 0.2) is 0 Å². The van der Waals surface area contributed by atoms with Crippen molar-refractivity contribution >= 4 is 28.9 Å². The van der Waals surface area contributed by atoms with Gasteiger partial charge in [0.05, 0.1) is 11.5 Å². The lowest BCUT2D eigenvalue weighted by molar-refractivity contribution is -0.383. The van der Waals surface area contributed by atoms with Crippen LogP contribution in [0.3, 0.4) is 0 Å². The van der Waals surface area contributed by atoms with Crippen molar-refractivity contribution in [2.75, 3.05) is 5.32 Å². The molecule has 1 amide bonds. The summed E-state index contributed by atoms with van der Waals surface area (Å²) in [7, 11) is 0. The van der Waals surface area contributed by atoms with Gasteiger partial charge in [0, 0.05) is 23.1 Å². The molecule has 0 spiro atoms. The number of halogens is 1. The number of nitro groups is 1. The Bertz CT molecular complexity index is 941. The largest absolute Gasteiger partial charge is 0.320 e. The van der Waals surface area contributed by atoms with E-state index in [1.54, 1.807) is 30.3 Å². The summed E-state index contributed by atoms with van der Waals surface area (Å²) in [6.07, 6.45) is 0.0441. The van der Waals surface area contributed by atoms with Gasteiger partial charge in [-0.05, 0) is 35.5 Å². The molecule has 0 radical (unpaired) electrons. The van der Waals surface area contributed by atoms with Crippen molar-refractivity contribution < 1.29 is 9.72 Å². The zero-order valence-corrected chi connectivity index (χ0v) is 14.1. The van der Waals surface area contributed by atoms with Gasteiger partial charge in [-0.2, -0.15) is 4.80 Å². The number of hydrogen-bond acceptors (Lipinski definition) is 6. The van der Waals surface area contributed by atoms with Gasteiger partial charge in [-0.3, -0.25) is 14.9 Å². The van der Waals surface area contributed by atoms with Crippen molar-refractivity contribution in [3.63, 3.8) is 0 Å². The highest BCUT2D eigenvalue weighted by Crippen LogP contribution is 2.23. The lowest BCUT2D eigenvalue weighted by atomic mass is 10.2. The average Bonchev–Trinajstić information content (AvgIpc) is 3.10. The van der Waals surface area contributed by atoms with Crippen LogP contribution in [-0.4, -0.2) is 31.0 Å². The lowest BCUT2D eigenvalue weighted by Crippen LogP contribution is -2.16. The highest BCUT2D eigenvalue weighted by atomic mass is 35.5. The van der Waals surface area contributed by atoms with E-state index in [1.807, 2.05) is 0 Å². The molecule has 2 aromatic carbocycles. The number of rotatable bonds is 6. The first kappa shape index (κ1) is 17.5. The molecule has 0 bridgehead atoms. The summed E-state index contributed by atoms with van der Waals surface area (Å²) in [4.78, 5) is 23.7. The summed E-state index contributed by atoms with van der Waals surface area (Å²) in [5, 5.41) is 26.1. The van der Waals surface area contributed by atoms with Gasteiger partial charge in [0.1, 0.15) is 5.69 Å². The molecule has 132 valence electrons. The molecule has 9 nitrogen and oxygen atoms in total. The fraction of sp³-hybridized carbons (Fsp3) is 0.125. The van der Waals surface area contributed by atoms with Crippen LogP contribution in [-0.2, 0) is 11.3 Å². The third kappa shape index (κ3) is 4.19. The Balaban J connectivity index is 1.60. The van der Waals surface area contributed by atoms with E-state index in [1.165, 1.54) is 23.0 Å². The normalized spacial score (nSPS) is 10.5. The van der Waals surface area contributed by atoms with E-state index in [-0.39, 0.29) is 30.2 Å². The second kappa shape index (κ2) is 7.70. The number of carbonyl (C=O) groups is 1. The maximum absolute atomic E-state index is 12.0. The molecule has 0 saturated carbocycles. The van der Waals surface area contributed by atoms with E-state index in [0.717, 1.165) is 5.56 Å². The first-order chi connectivity index (χ1) is 12.5. The highest BCUT2D eigenvalue weighted by molar-refractivity contribution is 6.30. The maximum Gasteiger partial charge on any atom is 0.292 e. The molecule has 0 unspecified atom stereocenters. The molecule has 0 saturated heterocycles. The number of tetrazole rings is 1. The molecule has 10 heteroatoms. The number of aromatic nitrogens is 4. The summed E-state index contributed by atoms with van der Waals surface area (Å²) in [5.41, 5.74) is 0.741. The van der Waals surface area contributed by atoms with E-state index in [0.29, 0.717) is 10.8 Å². The SMILES string of the molecule is O=C(CCn1nnc(-c2ccc(Cl)cc2)n1)Nc1ccccc1[N+](=O)[O-]. The lowest BCUT2D eigenvalue weighted by Gasteiger charge is -2.05. The second-order valence-corrected chi connectivity index (χ2v) is 5.72. The van der Waals surface area contributed by atoms with Gasteiger partial charge >= 0.3 is 0 Å². The quantitative estimate of drug-likeness (QED) is 0.525. The summed E-state index contributed by atoms with van der Waals surface area (Å²) in [6, 6.07) is 12.9. The predicted molar refractivity (Wildman–Crippen MR) is 94.6 cm³/mol. The van der Waals surface area contributed by atoms with Gasteiger partial charge in [-0.1, -0.05) is 23.7 Å². The Morgan fingerprint density at radius 2 is 1.92 bits per heavy atom. The number of para-hydroxylation sites is 2. The fourth-order valence-corrected chi connectivity index (χ4v) is 2.33. The molecular formula is C16H13ClN6O3. The van der Waals surface area contributed by atoms with Crippen LogP contribution in [0, 0.1) is 10.1 Å². The molecular weight excluding hydrogens is 360 g/mol. The third-order valence-electron chi connectivity index (χ3n) is 3.47. The Morgan fingerprint density at radius 3 is 2.65 bits per heavy atom. The Labute approximate surface area is 152 Å². The van der Waals surface area contributed by atoms with Gasteiger partial charge in [0.25, 0.3) is 5.69 Å². The monoisotopic (exact) mass is 372 g/mol. The van der Waals surface area contributed by atoms with Crippen molar-refractivity contribution in [2.45, 2.75) is 13.0 Å².